The monoisotopic (exact) mass is 416 g/mol. The molecule has 3 aliphatic carbocycles. The molecule has 0 radical (unpaired) electrons. The smallest absolute Gasteiger partial charge is 0.00531 e. The number of allylic oxidation sites excluding steroid dienone is 5. The van der Waals surface area contributed by atoms with E-state index in [4.69, 9.17) is 0 Å². The molecule has 0 aliphatic heterocycles. The molecule has 4 rings (SSSR count). The summed E-state index contributed by atoms with van der Waals surface area (Å²) in [5.74, 6) is 4.83. The van der Waals surface area contributed by atoms with Gasteiger partial charge in [-0.3, -0.25) is 0 Å². The van der Waals surface area contributed by atoms with Crippen LogP contribution in [0.3, 0.4) is 0 Å². The molecule has 2 atom stereocenters. The normalized spacial score (nSPS) is 34.1. The average Bonchev–Trinajstić information content (AvgIpc) is 2.84. The second-order valence-electron chi connectivity index (χ2n) is 10.7. The van der Waals surface area contributed by atoms with Gasteiger partial charge in [0.1, 0.15) is 0 Å². The zero-order chi connectivity index (χ0) is 21.5. The molecular weight excluding hydrogens is 372 g/mol. The van der Waals surface area contributed by atoms with Crippen molar-refractivity contribution in [3.63, 3.8) is 0 Å². The van der Waals surface area contributed by atoms with E-state index in [0.29, 0.717) is 5.92 Å². The molecular formula is C31H44. The zero-order valence-electron chi connectivity index (χ0n) is 19.9. The molecule has 0 bridgehead atoms. The molecule has 3 aliphatic rings. The zero-order valence-corrected chi connectivity index (χ0v) is 19.9. The van der Waals surface area contributed by atoms with Crippen LogP contribution in [0.4, 0.5) is 0 Å². The van der Waals surface area contributed by atoms with Crippen molar-refractivity contribution in [3.8, 4) is 0 Å². The van der Waals surface area contributed by atoms with Gasteiger partial charge >= 0.3 is 0 Å². The Morgan fingerprint density at radius 3 is 2.10 bits per heavy atom. The summed E-state index contributed by atoms with van der Waals surface area (Å²) in [7, 11) is 0. The fourth-order valence-corrected chi connectivity index (χ4v) is 6.41. The molecule has 0 saturated heterocycles. The van der Waals surface area contributed by atoms with Crippen molar-refractivity contribution in [3.05, 3.63) is 72.4 Å². The van der Waals surface area contributed by atoms with Gasteiger partial charge in [-0.15, -0.1) is 6.58 Å². The molecule has 1 aromatic carbocycles. The van der Waals surface area contributed by atoms with E-state index in [-0.39, 0.29) is 0 Å². The quantitative estimate of drug-likeness (QED) is 0.389. The number of aryl methyl sites for hydroxylation is 1. The first-order valence-electron chi connectivity index (χ1n) is 13.3. The second kappa shape index (κ2) is 11.3. The molecule has 0 N–H and O–H groups in total. The van der Waals surface area contributed by atoms with Crippen LogP contribution in [0.5, 0.6) is 0 Å². The minimum Gasteiger partial charge on any atom is -0.103 e. The highest BCUT2D eigenvalue weighted by Crippen LogP contribution is 2.40. The summed E-state index contributed by atoms with van der Waals surface area (Å²) >= 11 is 0. The van der Waals surface area contributed by atoms with Crippen LogP contribution < -0.4 is 0 Å². The predicted octanol–water partition coefficient (Wildman–Crippen LogP) is 9.04. The fourth-order valence-electron chi connectivity index (χ4n) is 6.41. The number of rotatable bonds is 7. The van der Waals surface area contributed by atoms with Gasteiger partial charge in [-0.1, -0.05) is 68.0 Å². The maximum atomic E-state index is 4.00. The summed E-state index contributed by atoms with van der Waals surface area (Å²) in [6, 6.07) is 9.52. The van der Waals surface area contributed by atoms with Gasteiger partial charge < -0.3 is 0 Å². The minimum absolute atomic E-state index is 0.685. The topological polar surface area (TPSA) is 0 Å². The average molecular weight is 417 g/mol. The van der Waals surface area contributed by atoms with Crippen LogP contribution in [0, 0.1) is 29.6 Å². The lowest BCUT2D eigenvalue weighted by Gasteiger charge is -2.34. The van der Waals surface area contributed by atoms with Crippen LogP contribution in [0.1, 0.15) is 94.6 Å². The van der Waals surface area contributed by atoms with E-state index in [2.05, 4.69) is 68.1 Å². The van der Waals surface area contributed by atoms with E-state index in [1.54, 1.807) is 5.56 Å². The summed E-state index contributed by atoms with van der Waals surface area (Å²) in [5.41, 5.74) is 3.07. The Kier molecular flexibility index (Phi) is 8.28. The van der Waals surface area contributed by atoms with Crippen molar-refractivity contribution in [2.45, 2.75) is 89.9 Å². The van der Waals surface area contributed by atoms with Gasteiger partial charge in [0.15, 0.2) is 0 Å². The summed E-state index contributed by atoms with van der Waals surface area (Å²) in [6.07, 6.45) is 28.6. The fraction of sp³-hybridized carbons (Fsp3) is 0.613. The number of hydrogen-bond donors (Lipinski definition) is 0. The Bertz CT molecular complexity index is 720. The predicted molar refractivity (Wildman–Crippen MR) is 135 cm³/mol. The van der Waals surface area contributed by atoms with Crippen LogP contribution in [0.25, 0.3) is 0 Å². The van der Waals surface area contributed by atoms with Gasteiger partial charge in [0, 0.05) is 0 Å². The van der Waals surface area contributed by atoms with Gasteiger partial charge in [-0.05, 0) is 117 Å². The van der Waals surface area contributed by atoms with E-state index in [0.717, 1.165) is 29.6 Å². The van der Waals surface area contributed by atoms with E-state index in [9.17, 15) is 0 Å². The number of hydrogen-bond acceptors (Lipinski definition) is 0. The first kappa shape index (κ1) is 22.6. The maximum absolute atomic E-state index is 4.00. The van der Waals surface area contributed by atoms with Crippen molar-refractivity contribution < 1.29 is 0 Å². The van der Waals surface area contributed by atoms with Gasteiger partial charge in [0.2, 0.25) is 0 Å². The lowest BCUT2D eigenvalue weighted by Crippen LogP contribution is -2.22. The van der Waals surface area contributed by atoms with Gasteiger partial charge in [-0.25, -0.2) is 0 Å². The van der Waals surface area contributed by atoms with Crippen molar-refractivity contribution >= 4 is 0 Å². The molecule has 0 amide bonds. The van der Waals surface area contributed by atoms with Crippen LogP contribution >= 0.6 is 0 Å². The molecule has 168 valence electrons. The minimum atomic E-state index is 0.685. The standard InChI is InChI=1S/C31H44/c1-3-5-25-10-18-29(19-11-25)31-22-14-27(15-23-31)7-6-26-12-20-30(21-13-26)28-16-8-24(4-2)9-17-28/h4,6-7,10-12,18-20,24,26-28,30-31H,2-3,5,8-9,13-17,21-23H2,1H3/b7-6+. The van der Waals surface area contributed by atoms with Gasteiger partial charge in [-0.2, -0.15) is 0 Å². The maximum Gasteiger partial charge on any atom is -0.00531 e. The first-order valence-corrected chi connectivity index (χ1v) is 13.3. The highest BCUT2D eigenvalue weighted by molar-refractivity contribution is 5.26. The highest BCUT2D eigenvalue weighted by atomic mass is 14.3. The molecule has 2 unspecified atom stereocenters. The Labute approximate surface area is 191 Å². The molecule has 0 heterocycles. The van der Waals surface area contributed by atoms with Crippen LogP contribution in [0.2, 0.25) is 0 Å². The third-order valence-electron chi connectivity index (χ3n) is 8.59. The van der Waals surface area contributed by atoms with Crippen molar-refractivity contribution in [1.29, 1.82) is 0 Å². The van der Waals surface area contributed by atoms with E-state index in [1.165, 1.54) is 82.6 Å². The molecule has 0 aromatic heterocycles. The summed E-state index contributed by atoms with van der Waals surface area (Å²) in [5, 5.41) is 0. The first-order chi connectivity index (χ1) is 15.2. The van der Waals surface area contributed by atoms with Crippen LogP contribution in [-0.2, 0) is 6.42 Å². The van der Waals surface area contributed by atoms with Crippen molar-refractivity contribution in [1.82, 2.24) is 0 Å². The van der Waals surface area contributed by atoms with Gasteiger partial charge in [0.05, 0.1) is 0 Å². The SMILES string of the molecule is C=CC1CCC(C2C=CC(/C=C/C3CCC(c4ccc(CCC)cc4)CC3)CC2)CC1. The summed E-state index contributed by atoms with van der Waals surface area (Å²) in [4.78, 5) is 0. The number of benzene rings is 1. The molecule has 31 heavy (non-hydrogen) atoms. The lowest BCUT2D eigenvalue weighted by molar-refractivity contribution is 0.235. The molecule has 2 saturated carbocycles. The summed E-state index contributed by atoms with van der Waals surface area (Å²) in [6.45, 7) is 6.26. The van der Waals surface area contributed by atoms with Crippen molar-refractivity contribution in [2.75, 3.05) is 0 Å². The van der Waals surface area contributed by atoms with E-state index >= 15 is 0 Å². The van der Waals surface area contributed by atoms with Crippen LogP contribution in [-0.4, -0.2) is 0 Å². The Hall–Kier alpha value is -1.56. The third kappa shape index (κ3) is 6.24. The Morgan fingerprint density at radius 2 is 1.48 bits per heavy atom. The molecule has 1 aromatic rings. The Balaban J connectivity index is 1.20. The molecule has 0 nitrogen and oxygen atoms in total. The van der Waals surface area contributed by atoms with E-state index < -0.39 is 0 Å². The van der Waals surface area contributed by atoms with Crippen LogP contribution in [0.15, 0.2) is 61.2 Å². The summed E-state index contributed by atoms with van der Waals surface area (Å²) < 4.78 is 0. The lowest BCUT2D eigenvalue weighted by atomic mass is 9.72. The van der Waals surface area contributed by atoms with Gasteiger partial charge in [0.25, 0.3) is 0 Å². The highest BCUT2D eigenvalue weighted by Gasteiger charge is 2.27. The molecule has 0 heteroatoms. The second-order valence-corrected chi connectivity index (χ2v) is 10.7. The van der Waals surface area contributed by atoms with E-state index in [1.807, 2.05) is 0 Å². The Morgan fingerprint density at radius 1 is 0.774 bits per heavy atom. The van der Waals surface area contributed by atoms with Crippen molar-refractivity contribution in [2.24, 2.45) is 29.6 Å². The molecule has 2 fully saturated rings. The third-order valence-corrected chi connectivity index (χ3v) is 8.59. The largest absolute Gasteiger partial charge is 0.103 e. The molecule has 0 spiro atoms.